The van der Waals surface area contributed by atoms with Gasteiger partial charge in [-0.15, -0.1) is 0 Å². The minimum Gasteiger partial charge on any atom is -0.497 e. The smallest absolute Gasteiger partial charge is 0.272 e. The minimum absolute atomic E-state index is 0.104. The number of ether oxygens (including phenoxy) is 3. The van der Waals surface area contributed by atoms with Crippen LogP contribution in [0.1, 0.15) is 23.0 Å². The lowest BCUT2D eigenvalue weighted by Crippen LogP contribution is -2.30. The van der Waals surface area contributed by atoms with Gasteiger partial charge in [0.25, 0.3) is 5.91 Å². The van der Waals surface area contributed by atoms with Crippen LogP contribution >= 0.6 is 0 Å². The predicted octanol–water partition coefficient (Wildman–Crippen LogP) is 3.63. The molecular formula is C21H20N2O4. The summed E-state index contributed by atoms with van der Waals surface area (Å²) >= 11 is 0. The summed E-state index contributed by atoms with van der Waals surface area (Å²) in [5, 5.41) is 0.935. The van der Waals surface area contributed by atoms with Gasteiger partial charge in [-0.25, -0.2) is 4.98 Å². The number of fused-ring (bicyclic) bond motifs is 2. The van der Waals surface area contributed by atoms with E-state index in [0.717, 1.165) is 28.0 Å². The van der Waals surface area contributed by atoms with E-state index in [4.69, 9.17) is 14.2 Å². The zero-order valence-electron chi connectivity index (χ0n) is 15.3. The molecule has 138 valence electrons. The number of hydrogen-bond donors (Lipinski definition) is 0. The first-order chi connectivity index (χ1) is 13.2. The van der Waals surface area contributed by atoms with E-state index in [-0.39, 0.29) is 12.7 Å². The van der Waals surface area contributed by atoms with Gasteiger partial charge in [-0.05, 0) is 48.9 Å². The highest BCUT2D eigenvalue weighted by Gasteiger charge is 2.19. The summed E-state index contributed by atoms with van der Waals surface area (Å²) in [7, 11) is 1.63. The van der Waals surface area contributed by atoms with Crippen LogP contribution in [0.5, 0.6) is 17.2 Å². The number of pyridine rings is 1. The largest absolute Gasteiger partial charge is 0.497 e. The number of amides is 1. The molecule has 2 heterocycles. The monoisotopic (exact) mass is 364 g/mol. The Morgan fingerprint density at radius 3 is 2.78 bits per heavy atom. The molecule has 0 spiro atoms. The Labute approximate surface area is 157 Å². The van der Waals surface area contributed by atoms with E-state index in [2.05, 4.69) is 4.98 Å². The highest BCUT2D eigenvalue weighted by molar-refractivity contribution is 5.95. The second kappa shape index (κ2) is 7.15. The normalized spacial score (nSPS) is 12.2. The lowest BCUT2D eigenvalue weighted by atomic mass is 10.1. The molecule has 1 amide bonds. The number of hydrogen-bond acceptors (Lipinski definition) is 5. The van der Waals surface area contributed by atoms with Crippen molar-refractivity contribution in [1.29, 1.82) is 0 Å². The Bertz CT molecular complexity index is 1000. The molecule has 1 aliphatic heterocycles. The van der Waals surface area contributed by atoms with Crippen molar-refractivity contribution in [3.05, 3.63) is 59.8 Å². The van der Waals surface area contributed by atoms with E-state index in [0.29, 0.717) is 24.5 Å². The van der Waals surface area contributed by atoms with Crippen LogP contribution < -0.4 is 14.2 Å². The maximum Gasteiger partial charge on any atom is 0.272 e. The average molecular weight is 364 g/mol. The first kappa shape index (κ1) is 17.1. The van der Waals surface area contributed by atoms with Gasteiger partial charge < -0.3 is 19.1 Å². The van der Waals surface area contributed by atoms with Crippen LogP contribution in [0.3, 0.4) is 0 Å². The van der Waals surface area contributed by atoms with E-state index in [1.165, 1.54) is 0 Å². The van der Waals surface area contributed by atoms with E-state index in [9.17, 15) is 4.79 Å². The molecule has 27 heavy (non-hydrogen) atoms. The van der Waals surface area contributed by atoms with E-state index in [1.807, 2.05) is 49.4 Å². The standard InChI is InChI=1S/C21H20N2O4/c1-3-23(12-14-4-9-19-20(10-14)27-13-26-19)21(24)18-7-5-15-11-16(25-2)6-8-17(15)22-18/h4-11H,3,12-13H2,1-2H3. The van der Waals surface area contributed by atoms with Crippen LogP contribution in [0.4, 0.5) is 0 Å². The molecule has 0 N–H and O–H groups in total. The molecule has 0 unspecified atom stereocenters. The summed E-state index contributed by atoms with van der Waals surface area (Å²) in [5.41, 5.74) is 2.18. The van der Waals surface area contributed by atoms with E-state index < -0.39 is 0 Å². The lowest BCUT2D eigenvalue weighted by molar-refractivity contribution is 0.0747. The fourth-order valence-electron chi connectivity index (χ4n) is 3.10. The fourth-order valence-corrected chi connectivity index (χ4v) is 3.10. The molecule has 6 heteroatoms. The van der Waals surface area contributed by atoms with Crippen molar-refractivity contribution in [3.8, 4) is 17.2 Å². The van der Waals surface area contributed by atoms with Crippen molar-refractivity contribution < 1.29 is 19.0 Å². The van der Waals surface area contributed by atoms with Gasteiger partial charge in [-0.3, -0.25) is 4.79 Å². The van der Waals surface area contributed by atoms with E-state index >= 15 is 0 Å². The summed E-state index contributed by atoms with van der Waals surface area (Å²) in [6.45, 7) is 3.25. The molecule has 4 rings (SSSR count). The Kier molecular flexibility index (Phi) is 4.54. The number of carbonyl (C=O) groups is 1. The quantitative estimate of drug-likeness (QED) is 0.692. The second-order valence-electron chi connectivity index (χ2n) is 6.26. The zero-order valence-corrected chi connectivity index (χ0v) is 15.3. The first-order valence-electron chi connectivity index (χ1n) is 8.80. The van der Waals surface area contributed by atoms with Crippen LogP contribution in [0.2, 0.25) is 0 Å². The van der Waals surface area contributed by atoms with Crippen molar-refractivity contribution >= 4 is 16.8 Å². The zero-order chi connectivity index (χ0) is 18.8. The van der Waals surface area contributed by atoms with Crippen molar-refractivity contribution in [2.75, 3.05) is 20.4 Å². The van der Waals surface area contributed by atoms with Gasteiger partial charge in [0, 0.05) is 18.5 Å². The van der Waals surface area contributed by atoms with E-state index in [1.54, 1.807) is 18.1 Å². The summed E-state index contributed by atoms with van der Waals surface area (Å²) in [4.78, 5) is 19.3. The molecule has 0 saturated heterocycles. The number of carbonyl (C=O) groups excluding carboxylic acids is 1. The highest BCUT2D eigenvalue weighted by Crippen LogP contribution is 2.33. The summed E-state index contributed by atoms with van der Waals surface area (Å²) < 4.78 is 16.0. The van der Waals surface area contributed by atoms with Gasteiger partial charge >= 0.3 is 0 Å². The molecule has 0 fully saturated rings. The van der Waals surface area contributed by atoms with Crippen LogP contribution in [0, 0.1) is 0 Å². The maximum absolute atomic E-state index is 13.0. The first-order valence-corrected chi connectivity index (χ1v) is 8.80. The summed E-state index contributed by atoms with van der Waals surface area (Å²) in [6, 6.07) is 15.0. The number of methoxy groups -OCH3 is 1. The molecule has 0 radical (unpaired) electrons. The molecular weight excluding hydrogens is 344 g/mol. The number of benzene rings is 2. The van der Waals surface area contributed by atoms with Gasteiger partial charge in [0.05, 0.1) is 12.6 Å². The van der Waals surface area contributed by atoms with Crippen molar-refractivity contribution in [3.63, 3.8) is 0 Å². The molecule has 0 bridgehead atoms. The third-order valence-corrected chi connectivity index (χ3v) is 4.59. The predicted molar refractivity (Wildman–Crippen MR) is 101 cm³/mol. The van der Waals surface area contributed by atoms with Gasteiger partial charge in [-0.1, -0.05) is 12.1 Å². The third-order valence-electron chi connectivity index (χ3n) is 4.59. The second-order valence-corrected chi connectivity index (χ2v) is 6.26. The summed E-state index contributed by atoms with van der Waals surface area (Å²) in [6.07, 6.45) is 0. The maximum atomic E-state index is 13.0. The van der Waals surface area contributed by atoms with Gasteiger partial charge in [0.1, 0.15) is 11.4 Å². The van der Waals surface area contributed by atoms with Crippen molar-refractivity contribution in [1.82, 2.24) is 9.88 Å². The van der Waals surface area contributed by atoms with Crippen LogP contribution in [0.15, 0.2) is 48.5 Å². The van der Waals surface area contributed by atoms with Crippen molar-refractivity contribution in [2.45, 2.75) is 13.5 Å². The Morgan fingerprint density at radius 1 is 1.11 bits per heavy atom. The topological polar surface area (TPSA) is 60.9 Å². The van der Waals surface area contributed by atoms with Crippen molar-refractivity contribution in [2.24, 2.45) is 0 Å². The molecule has 6 nitrogen and oxygen atoms in total. The fraction of sp³-hybridized carbons (Fsp3) is 0.238. The Hall–Kier alpha value is -3.28. The van der Waals surface area contributed by atoms with Gasteiger partial charge in [-0.2, -0.15) is 0 Å². The number of aromatic nitrogens is 1. The number of nitrogens with zero attached hydrogens (tertiary/aromatic N) is 2. The Morgan fingerprint density at radius 2 is 1.96 bits per heavy atom. The summed E-state index contributed by atoms with van der Waals surface area (Å²) in [5.74, 6) is 2.11. The van der Waals surface area contributed by atoms with Crippen LogP contribution in [-0.2, 0) is 6.54 Å². The molecule has 0 aliphatic carbocycles. The SMILES string of the molecule is CCN(Cc1ccc2c(c1)OCO2)C(=O)c1ccc2cc(OC)ccc2n1. The Balaban J connectivity index is 1.57. The molecule has 2 aromatic carbocycles. The lowest BCUT2D eigenvalue weighted by Gasteiger charge is -2.21. The highest BCUT2D eigenvalue weighted by atomic mass is 16.7. The molecule has 0 atom stereocenters. The van der Waals surface area contributed by atoms with Gasteiger partial charge in [0.15, 0.2) is 11.5 Å². The van der Waals surface area contributed by atoms with Crippen LogP contribution in [-0.4, -0.2) is 36.2 Å². The third kappa shape index (κ3) is 3.38. The number of rotatable bonds is 5. The molecule has 3 aromatic rings. The average Bonchev–Trinajstić information content (AvgIpc) is 3.18. The molecule has 1 aromatic heterocycles. The van der Waals surface area contributed by atoms with Gasteiger partial charge in [0.2, 0.25) is 6.79 Å². The minimum atomic E-state index is -0.104. The molecule has 0 saturated carbocycles. The van der Waals surface area contributed by atoms with Crippen LogP contribution in [0.25, 0.3) is 10.9 Å². The molecule has 1 aliphatic rings.